The fourth-order valence-electron chi connectivity index (χ4n) is 4.23. The minimum Gasteiger partial charge on any atom is -0.395 e. The zero-order chi connectivity index (χ0) is 24.0. The number of amides is 3. The van der Waals surface area contributed by atoms with Crippen LogP contribution >= 0.6 is 11.5 Å². The van der Waals surface area contributed by atoms with Crippen LogP contribution in [0.2, 0.25) is 0 Å². The Morgan fingerprint density at radius 3 is 2.39 bits per heavy atom. The molecule has 0 bridgehead atoms. The first-order chi connectivity index (χ1) is 15.8. The lowest BCUT2D eigenvalue weighted by Gasteiger charge is -2.34. The molecule has 5 N–H and O–H groups in total. The van der Waals surface area contributed by atoms with Gasteiger partial charge < -0.3 is 21.7 Å². The van der Waals surface area contributed by atoms with E-state index in [2.05, 4.69) is 9.69 Å². The molecule has 0 saturated heterocycles. The Morgan fingerprint density at radius 1 is 1.15 bits per heavy atom. The molecule has 1 atom stereocenters. The molecule has 1 aromatic carbocycles. The van der Waals surface area contributed by atoms with E-state index in [0.717, 1.165) is 42.8 Å². The van der Waals surface area contributed by atoms with Gasteiger partial charge in [-0.1, -0.05) is 63.4 Å². The van der Waals surface area contributed by atoms with Crippen LogP contribution in [0.4, 0.5) is 5.69 Å². The van der Waals surface area contributed by atoms with Crippen molar-refractivity contribution in [3.8, 4) is 0 Å². The molecular formula is C24H33N5O3S. The van der Waals surface area contributed by atoms with Gasteiger partial charge >= 0.3 is 0 Å². The molecule has 3 amide bonds. The van der Waals surface area contributed by atoms with Gasteiger partial charge in [0.15, 0.2) is 5.69 Å². The molecule has 0 aliphatic heterocycles. The fraction of sp³-hybridized carbons (Fsp3) is 0.500. The highest BCUT2D eigenvalue weighted by atomic mass is 32.1. The molecule has 1 heterocycles. The van der Waals surface area contributed by atoms with Gasteiger partial charge in [0.05, 0.1) is 5.69 Å². The Kier molecular flexibility index (Phi) is 8.43. The van der Waals surface area contributed by atoms with E-state index in [1.54, 1.807) is 4.90 Å². The molecule has 1 aromatic heterocycles. The monoisotopic (exact) mass is 471 g/mol. The van der Waals surface area contributed by atoms with Crippen molar-refractivity contribution in [2.45, 2.75) is 71.0 Å². The van der Waals surface area contributed by atoms with Crippen molar-refractivity contribution in [1.82, 2.24) is 14.6 Å². The Morgan fingerprint density at radius 2 is 1.82 bits per heavy atom. The minimum atomic E-state index is -0.786. The van der Waals surface area contributed by atoms with Crippen molar-refractivity contribution in [1.29, 1.82) is 0 Å². The van der Waals surface area contributed by atoms with Gasteiger partial charge in [-0.3, -0.25) is 14.4 Å². The maximum absolute atomic E-state index is 13.7. The Bertz CT molecular complexity index is 970. The molecule has 1 aliphatic carbocycles. The van der Waals surface area contributed by atoms with Crippen molar-refractivity contribution in [2.24, 2.45) is 11.7 Å². The highest BCUT2D eigenvalue weighted by Gasteiger charge is 2.35. The van der Waals surface area contributed by atoms with Crippen LogP contribution in [0.5, 0.6) is 0 Å². The fourth-order valence-corrected chi connectivity index (χ4v) is 4.99. The van der Waals surface area contributed by atoms with E-state index < -0.39 is 17.9 Å². The molecule has 0 unspecified atom stereocenters. The van der Waals surface area contributed by atoms with E-state index in [9.17, 15) is 14.4 Å². The van der Waals surface area contributed by atoms with E-state index in [0.29, 0.717) is 6.42 Å². The van der Waals surface area contributed by atoms with Gasteiger partial charge in [-0.05, 0) is 42.3 Å². The summed E-state index contributed by atoms with van der Waals surface area (Å²) in [7, 11) is 0. The summed E-state index contributed by atoms with van der Waals surface area (Å²) in [6, 6.07) is 8.96. The van der Waals surface area contributed by atoms with E-state index in [1.165, 1.54) is 6.42 Å². The summed E-state index contributed by atoms with van der Waals surface area (Å²) in [5.41, 5.74) is 12.1. The number of nitrogens with two attached hydrogens (primary N) is 2. The summed E-state index contributed by atoms with van der Waals surface area (Å²) in [6.07, 6.45) is 5.79. The number of rotatable bonds is 9. The number of nitrogens with zero attached hydrogens (tertiary/aromatic N) is 2. The largest absolute Gasteiger partial charge is 0.395 e. The van der Waals surface area contributed by atoms with Gasteiger partial charge in [0.25, 0.3) is 11.8 Å². The first-order valence-corrected chi connectivity index (χ1v) is 12.3. The second kappa shape index (κ2) is 11.3. The van der Waals surface area contributed by atoms with E-state index in [-0.39, 0.29) is 40.7 Å². The average molecular weight is 472 g/mol. The number of aromatic nitrogens is 1. The Labute approximate surface area is 198 Å². The molecule has 1 saturated carbocycles. The van der Waals surface area contributed by atoms with Crippen LogP contribution in [0.25, 0.3) is 0 Å². The van der Waals surface area contributed by atoms with E-state index >= 15 is 0 Å². The number of carbonyl (C=O) groups is 3. The summed E-state index contributed by atoms with van der Waals surface area (Å²) in [5.74, 6) is -1.19. The molecule has 2 aromatic rings. The van der Waals surface area contributed by atoms with Crippen LogP contribution in [0.3, 0.4) is 0 Å². The van der Waals surface area contributed by atoms with E-state index in [1.807, 2.05) is 44.2 Å². The van der Waals surface area contributed by atoms with E-state index in [4.69, 9.17) is 11.5 Å². The molecule has 8 nitrogen and oxygen atoms in total. The SMILES string of the molecule is CC(C)C[C@@H](C(=O)NC1CCCCC1)N(Cc1ccccc1)C(=O)c1snc(C(N)=O)c1N. The van der Waals surface area contributed by atoms with Crippen LogP contribution in [0.1, 0.15) is 78.1 Å². The zero-order valence-electron chi connectivity index (χ0n) is 19.3. The van der Waals surface area contributed by atoms with Crippen LogP contribution in [-0.2, 0) is 11.3 Å². The van der Waals surface area contributed by atoms with Crippen LogP contribution in [0, 0.1) is 5.92 Å². The van der Waals surface area contributed by atoms with Crippen molar-refractivity contribution >= 4 is 34.9 Å². The van der Waals surface area contributed by atoms with Crippen molar-refractivity contribution < 1.29 is 14.4 Å². The molecular weight excluding hydrogens is 438 g/mol. The topological polar surface area (TPSA) is 131 Å². The highest BCUT2D eigenvalue weighted by Crippen LogP contribution is 2.27. The summed E-state index contributed by atoms with van der Waals surface area (Å²) in [6.45, 7) is 4.29. The number of benzene rings is 1. The number of nitrogen functional groups attached to an aromatic ring is 1. The van der Waals surface area contributed by atoms with Gasteiger partial charge in [0.1, 0.15) is 10.9 Å². The van der Waals surface area contributed by atoms with Gasteiger partial charge in [-0.15, -0.1) is 0 Å². The molecule has 33 heavy (non-hydrogen) atoms. The van der Waals surface area contributed by atoms with Crippen LogP contribution in [-0.4, -0.2) is 39.1 Å². The number of hydrogen-bond donors (Lipinski definition) is 3. The maximum Gasteiger partial charge on any atom is 0.270 e. The summed E-state index contributed by atoms with van der Waals surface area (Å²) in [4.78, 5) is 40.5. The lowest BCUT2D eigenvalue weighted by Crippen LogP contribution is -2.52. The Hall–Kier alpha value is -2.94. The maximum atomic E-state index is 13.7. The van der Waals surface area contributed by atoms with Crippen LogP contribution in [0.15, 0.2) is 30.3 Å². The van der Waals surface area contributed by atoms with Crippen molar-refractivity contribution in [3.05, 3.63) is 46.5 Å². The normalized spacial score (nSPS) is 15.2. The molecule has 0 spiro atoms. The third-order valence-corrected chi connectivity index (χ3v) is 6.79. The quantitative estimate of drug-likeness (QED) is 0.516. The summed E-state index contributed by atoms with van der Waals surface area (Å²) < 4.78 is 3.98. The number of primary amides is 1. The van der Waals surface area contributed by atoms with Gasteiger partial charge in [-0.25, -0.2) is 0 Å². The smallest absolute Gasteiger partial charge is 0.270 e. The zero-order valence-corrected chi connectivity index (χ0v) is 20.1. The number of carbonyl (C=O) groups excluding carboxylic acids is 3. The van der Waals surface area contributed by atoms with Crippen LogP contribution < -0.4 is 16.8 Å². The lowest BCUT2D eigenvalue weighted by atomic mass is 9.94. The number of nitrogens with one attached hydrogen (secondary N) is 1. The highest BCUT2D eigenvalue weighted by molar-refractivity contribution is 7.09. The standard InChI is InChI=1S/C24H33N5O3S/c1-15(2)13-18(23(31)27-17-11-7-4-8-12-17)29(14-16-9-5-3-6-10-16)24(32)21-19(25)20(22(26)30)28-33-21/h3,5-6,9-10,15,17-18H,4,7-8,11-14,25H2,1-2H3,(H2,26,30)(H,27,31)/t18-/m0/s1. The minimum absolute atomic E-state index is 0.0356. The first-order valence-electron chi connectivity index (χ1n) is 11.5. The predicted octanol–water partition coefficient (Wildman–Crippen LogP) is 3.33. The molecule has 0 radical (unpaired) electrons. The summed E-state index contributed by atoms with van der Waals surface area (Å²) in [5, 5.41) is 3.18. The molecule has 178 valence electrons. The van der Waals surface area contributed by atoms with Crippen molar-refractivity contribution in [3.63, 3.8) is 0 Å². The summed E-state index contributed by atoms with van der Waals surface area (Å²) >= 11 is 0.836. The van der Waals surface area contributed by atoms with Gasteiger partial charge in [0.2, 0.25) is 5.91 Å². The lowest BCUT2D eigenvalue weighted by molar-refractivity contribution is -0.127. The van der Waals surface area contributed by atoms with Gasteiger partial charge in [-0.2, -0.15) is 4.37 Å². The second-order valence-corrected chi connectivity index (χ2v) is 9.82. The predicted molar refractivity (Wildman–Crippen MR) is 130 cm³/mol. The first kappa shape index (κ1) is 24.7. The third-order valence-electron chi connectivity index (χ3n) is 5.94. The van der Waals surface area contributed by atoms with Crippen molar-refractivity contribution in [2.75, 3.05) is 5.73 Å². The third kappa shape index (κ3) is 6.31. The van der Waals surface area contributed by atoms with Gasteiger partial charge in [0, 0.05) is 12.6 Å². The molecule has 9 heteroatoms. The second-order valence-electron chi connectivity index (χ2n) is 9.05. The average Bonchev–Trinajstić information content (AvgIpc) is 3.18. The molecule has 3 rings (SSSR count). The molecule has 1 aliphatic rings. The number of hydrogen-bond acceptors (Lipinski definition) is 6. The molecule has 1 fully saturated rings. The number of anilines is 1. The Balaban J connectivity index is 1.95.